The molecule has 2 rings (SSSR count). The summed E-state index contributed by atoms with van der Waals surface area (Å²) in [7, 11) is 0. The highest BCUT2D eigenvalue weighted by molar-refractivity contribution is 5.87. The SMILES string of the molecule is C=C(C)C(=O)OC1CC2CCC1(CC(O)(C(F)(F)F)C(F)(F)F)C2. The van der Waals surface area contributed by atoms with Crippen molar-refractivity contribution in [2.75, 3.05) is 0 Å². The minimum atomic E-state index is -5.87. The van der Waals surface area contributed by atoms with E-state index in [1.54, 1.807) is 0 Å². The predicted molar refractivity (Wildman–Crippen MR) is 70.8 cm³/mol. The Morgan fingerprint density at radius 1 is 1.25 bits per heavy atom. The van der Waals surface area contributed by atoms with Crippen LogP contribution in [0.4, 0.5) is 26.3 Å². The maximum atomic E-state index is 13.0. The van der Waals surface area contributed by atoms with Crippen LogP contribution in [0.15, 0.2) is 12.2 Å². The van der Waals surface area contributed by atoms with Crippen molar-refractivity contribution >= 4 is 5.97 Å². The van der Waals surface area contributed by atoms with E-state index in [-0.39, 0.29) is 30.8 Å². The fourth-order valence-electron chi connectivity index (χ4n) is 3.86. The van der Waals surface area contributed by atoms with Crippen LogP contribution in [-0.4, -0.2) is 35.1 Å². The summed E-state index contributed by atoms with van der Waals surface area (Å²) in [6.07, 6.45) is -13.6. The van der Waals surface area contributed by atoms with Gasteiger partial charge >= 0.3 is 18.3 Å². The lowest BCUT2D eigenvalue weighted by Gasteiger charge is -2.42. The average Bonchev–Trinajstić information content (AvgIpc) is 2.93. The number of fused-ring (bicyclic) bond motifs is 2. The molecule has 2 fully saturated rings. The van der Waals surface area contributed by atoms with Gasteiger partial charge in [-0.2, -0.15) is 26.3 Å². The number of carbonyl (C=O) groups excluding carboxylic acids is 1. The standard InChI is InChI=1S/C15H18F6O3/c1-8(2)11(22)24-10-5-9-3-4-12(10,6-9)7-13(23,14(16,17)18)15(19,20)21/h9-10,23H,1,3-7H2,2H3. The highest BCUT2D eigenvalue weighted by atomic mass is 19.4. The normalized spacial score (nSPS) is 30.5. The van der Waals surface area contributed by atoms with E-state index in [1.165, 1.54) is 6.92 Å². The van der Waals surface area contributed by atoms with Gasteiger partial charge in [-0.15, -0.1) is 0 Å². The van der Waals surface area contributed by atoms with Gasteiger partial charge in [-0.1, -0.05) is 6.58 Å². The highest BCUT2D eigenvalue weighted by Gasteiger charge is 2.74. The first-order chi connectivity index (χ1) is 10.7. The van der Waals surface area contributed by atoms with Crippen molar-refractivity contribution in [3.8, 4) is 0 Å². The zero-order chi connectivity index (χ0) is 18.6. The molecule has 0 spiro atoms. The first-order valence-corrected chi connectivity index (χ1v) is 7.44. The van der Waals surface area contributed by atoms with E-state index in [1.807, 2.05) is 0 Å². The molecule has 24 heavy (non-hydrogen) atoms. The number of aliphatic hydroxyl groups is 1. The topological polar surface area (TPSA) is 46.5 Å². The molecule has 2 aliphatic rings. The van der Waals surface area contributed by atoms with Gasteiger partial charge in [-0.05, 0) is 38.5 Å². The van der Waals surface area contributed by atoms with Crippen LogP contribution in [0, 0.1) is 11.3 Å². The second kappa shape index (κ2) is 5.64. The average molecular weight is 360 g/mol. The molecule has 0 aromatic rings. The Labute approximate surface area is 134 Å². The Morgan fingerprint density at radius 2 is 1.79 bits per heavy atom. The molecule has 3 atom stereocenters. The molecular formula is C15H18F6O3. The number of halogens is 6. The maximum Gasteiger partial charge on any atom is 0.426 e. The molecule has 0 aromatic heterocycles. The van der Waals surface area contributed by atoms with Crippen LogP contribution < -0.4 is 0 Å². The number of ether oxygens (including phenoxy) is 1. The highest BCUT2D eigenvalue weighted by Crippen LogP contribution is 2.62. The third-order valence-corrected chi connectivity index (χ3v) is 5.12. The van der Waals surface area contributed by atoms with Gasteiger partial charge in [-0.25, -0.2) is 4.79 Å². The second-order valence-corrected chi connectivity index (χ2v) is 6.91. The fraction of sp³-hybridized carbons (Fsp3) is 0.800. The Kier molecular flexibility index (Phi) is 4.48. The lowest BCUT2D eigenvalue weighted by atomic mass is 9.72. The van der Waals surface area contributed by atoms with E-state index in [4.69, 9.17) is 4.74 Å². The van der Waals surface area contributed by atoms with Gasteiger partial charge in [0.15, 0.2) is 0 Å². The number of carbonyl (C=O) groups is 1. The zero-order valence-corrected chi connectivity index (χ0v) is 12.9. The third-order valence-electron chi connectivity index (χ3n) is 5.12. The molecule has 0 aliphatic heterocycles. The smallest absolute Gasteiger partial charge is 0.426 e. The van der Waals surface area contributed by atoms with Crippen LogP contribution >= 0.6 is 0 Å². The molecule has 138 valence electrons. The van der Waals surface area contributed by atoms with Gasteiger partial charge < -0.3 is 9.84 Å². The van der Waals surface area contributed by atoms with Crippen molar-refractivity contribution in [3.05, 3.63) is 12.2 Å². The Morgan fingerprint density at radius 3 is 2.21 bits per heavy atom. The van der Waals surface area contributed by atoms with Gasteiger partial charge in [0.2, 0.25) is 0 Å². The molecule has 0 heterocycles. The van der Waals surface area contributed by atoms with E-state index in [2.05, 4.69) is 6.58 Å². The fourth-order valence-corrected chi connectivity index (χ4v) is 3.86. The molecule has 2 aliphatic carbocycles. The minimum Gasteiger partial charge on any atom is -0.458 e. The molecule has 9 heteroatoms. The lowest BCUT2D eigenvalue weighted by molar-refractivity contribution is -0.377. The lowest BCUT2D eigenvalue weighted by Crippen LogP contribution is -2.60. The number of alkyl halides is 6. The van der Waals surface area contributed by atoms with Crippen molar-refractivity contribution in [3.63, 3.8) is 0 Å². The quantitative estimate of drug-likeness (QED) is 0.470. The Hall–Kier alpha value is -1.25. The summed E-state index contributed by atoms with van der Waals surface area (Å²) in [6.45, 7) is 4.69. The predicted octanol–water partition coefficient (Wildman–Crippen LogP) is 3.91. The van der Waals surface area contributed by atoms with E-state index in [0.717, 1.165) is 0 Å². The first kappa shape index (κ1) is 19.1. The molecule has 2 bridgehead atoms. The van der Waals surface area contributed by atoms with Crippen LogP contribution in [0.5, 0.6) is 0 Å². The van der Waals surface area contributed by atoms with Gasteiger partial charge in [0.05, 0.1) is 0 Å². The van der Waals surface area contributed by atoms with Crippen molar-refractivity contribution in [2.24, 2.45) is 11.3 Å². The van der Waals surface area contributed by atoms with Crippen molar-refractivity contribution in [1.29, 1.82) is 0 Å². The summed E-state index contributed by atoms with van der Waals surface area (Å²) in [5.41, 5.74) is -6.35. The van der Waals surface area contributed by atoms with Gasteiger partial charge in [0.25, 0.3) is 5.60 Å². The molecule has 0 amide bonds. The van der Waals surface area contributed by atoms with Gasteiger partial charge in [0.1, 0.15) is 6.10 Å². The Bertz CT molecular complexity index is 524. The summed E-state index contributed by atoms with van der Waals surface area (Å²) in [5, 5.41) is 9.51. The molecular weight excluding hydrogens is 342 g/mol. The summed E-state index contributed by atoms with van der Waals surface area (Å²) in [5.74, 6) is -0.965. The van der Waals surface area contributed by atoms with Gasteiger partial charge in [0, 0.05) is 17.4 Å². The maximum absolute atomic E-state index is 13.0. The zero-order valence-electron chi connectivity index (χ0n) is 12.9. The van der Waals surface area contributed by atoms with Gasteiger partial charge in [-0.3, -0.25) is 0 Å². The molecule has 0 radical (unpaired) electrons. The van der Waals surface area contributed by atoms with Crippen molar-refractivity contribution in [2.45, 2.75) is 63.1 Å². The summed E-state index contributed by atoms with van der Waals surface area (Å²) in [6, 6.07) is 0. The third kappa shape index (κ3) is 3.02. The molecule has 3 unspecified atom stereocenters. The van der Waals surface area contributed by atoms with E-state index in [0.29, 0.717) is 6.42 Å². The van der Waals surface area contributed by atoms with Crippen LogP contribution in [0.3, 0.4) is 0 Å². The van der Waals surface area contributed by atoms with E-state index in [9.17, 15) is 36.2 Å². The molecule has 0 saturated heterocycles. The van der Waals surface area contributed by atoms with Crippen molar-refractivity contribution < 1.29 is 41.0 Å². The summed E-state index contributed by atoms with van der Waals surface area (Å²) >= 11 is 0. The molecule has 2 saturated carbocycles. The van der Waals surface area contributed by atoms with Crippen LogP contribution in [0.1, 0.15) is 39.0 Å². The number of esters is 1. The monoisotopic (exact) mass is 360 g/mol. The van der Waals surface area contributed by atoms with E-state index >= 15 is 0 Å². The van der Waals surface area contributed by atoms with Crippen LogP contribution in [-0.2, 0) is 9.53 Å². The number of rotatable bonds is 4. The van der Waals surface area contributed by atoms with Crippen LogP contribution in [0.2, 0.25) is 0 Å². The molecule has 1 N–H and O–H groups in total. The summed E-state index contributed by atoms with van der Waals surface area (Å²) < 4.78 is 83.1. The van der Waals surface area contributed by atoms with Crippen molar-refractivity contribution in [1.82, 2.24) is 0 Å². The number of hydrogen-bond donors (Lipinski definition) is 1. The first-order valence-electron chi connectivity index (χ1n) is 7.44. The Balaban J connectivity index is 2.33. The molecule has 0 aromatic carbocycles. The summed E-state index contributed by atoms with van der Waals surface area (Å²) in [4.78, 5) is 11.6. The number of hydrogen-bond acceptors (Lipinski definition) is 3. The second-order valence-electron chi connectivity index (χ2n) is 6.91. The van der Waals surface area contributed by atoms with E-state index < -0.39 is 41.9 Å². The molecule has 3 nitrogen and oxygen atoms in total. The largest absolute Gasteiger partial charge is 0.458 e. The minimum absolute atomic E-state index is 0.00910. The van der Waals surface area contributed by atoms with Crippen LogP contribution in [0.25, 0.3) is 0 Å².